The molecule has 1 heterocycles. The van der Waals surface area contributed by atoms with Gasteiger partial charge in [0, 0.05) is 18.9 Å². The molecule has 0 radical (unpaired) electrons. The molecule has 0 bridgehead atoms. The van der Waals surface area contributed by atoms with E-state index in [1.54, 1.807) is 6.08 Å². The predicted molar refractivity (Wildman–Crippen MR) is 66.5 cm³/mol. The van der Waals surface area contributed by atoms with Gasteiger partial charge in [-0.1, -0.05) is 6.08 Å². The summed E-state index contributed by atoms with van der Waals surface area (Å²) in [4.78, 5) is 13.2. The van der Waals surface area contributed by atoms with Crippen molar-refractivity contribution in [3.63, 3.8) is 0 Å². The van der Waals surface area contributed by atoms with Crippen LogP contribution in [0.2, 0.25) is 0 Å². The molecule has 6 heteroatoms. The van der Waals surface area contributed by atoms with Crippen LogP contribution in [0.25, 0.3) is 0 Å². The van der Waals surface area contributed by atoms with Gasteiger partial charge in [0.2, 0.25) is 5.91 Å². The smallest absolute Gasteiger partial charge is 0.397 e. The van der Waals surface area contributed by atoms with Crippen molar-refractivity contribution in [3.8, 4) is 0 Å². The van der Waals surface area contributed by atoms with Crippen molar-refractivity contribution in [2.24, 2.45) is 5.92 Å². The first-order valence-electron chi connectivity index (χ1n) is 5.72. The van der Waals surface area contributed by atoms with Crippen LogP contribution in [0.4, 0.5) is 24.5 Å². The number of carbonyl (C=O) groups excluding carboxylic acids is 1. The lowest BCUT2D eigenvalue weighted by atomic mass is 10.1. The normalized spacial score (nSPS) is 19.8. The summed E-state index contributed by atoms with van der Waals surface area (Å²) in [5.41, 5.74) is 5.08. The topological polar surface area (TPSA) is 46.3 Å². The lowest BCUT2D eigenvalue weighted by molar-refractivity contribution is -0.137. The minimum absolute atomic E-state index is 0.00851. The molecule has 1 fully saturated rings. The Morgan fingerprint density at radius 2 is 2.11 bits per heavy atom. The number of hydrogen-bond acceptors (Lipinski definition) is 2. The first kappa shape index (κ1) is 13.5. The monoisotopic (exact) mass is 270 g/mol. The molecule has 102 valence electrons. The van der Waals surface area contributed by atoms with Gasteiger partial charge in [0.25, 0.3) is 0 Å². The largest absolute Gasteiger partial charge is 0.416 e. The average Bonchev–Trinajstić information content (AvgIpc) is 2.69. The van der Waals surface area contributed by atoms with Crippen molar-refractivity contribution < 1.29 is 18.0 Å². The van der Waals surface area contributed by atoms with E-state index in [1.807, 2.05) is 0 Å². The second kappa shape index (κ2) is 4.60. The van der Waals surface area contributed by atoms with E-state index in [4.69, 9.17) is 5.73 Å². The molecule has 0 aromatic heterocycles. The second-order valence-corrected chi connectivity index (χ2v) is 4.48. The Bertz CT molecular complexity index is 525. The molecule has 1 aliphatic heterocycles. The third-order valence-electron chi connectivity index (χ3n) is 3.13. The molecule has 1 aromatic rings. The second-order valence-electron chi connectivity index (χ2n) is 4.48. The number of carbonyl (C=O) groups is 1. The Labute approximate surface area is 108 Å². The van der Waals surface area contributed by atoms with Gasteiger partial charge >= 0.3 is 6.18 Å². The number of amides is 1. The number of nitrogens with zero attached hydrogens (tertiary/aromatic N) is 1. The Hall–Kier alpha value is -1.98. The Kier molecular flexibility index (Phi) is 3.26. The van der Waals surface area contributed by atoms with E-state index in [0.29, 0.717) is 18.7 Å². The molecule has 1 saturated heterocycles. The maximum Gasteiger partial charge on any atom is 0.416 e. The molecule has 0 aliphatic carbocycles. The molecule has 0 spiro atoms. The Balaban J connectivity index is 2.32. The zero-order valence-corrected chi connectivity index (χ0v) is 10.1. The molecule has 3 nitrogen and oxygen atoms in total. The van der Waals surface area contributed by atoms with E-state index < -0.39 is 11.7 Å². The maximum absolute atomic E-state index is 12.5. The molecule has 19 heavy (non-hydrogen) atoms. The number of alkyl halides is 3. The third-order valence-corrected chi connectivity index (χ3v) is 3.13. The van der Waals surface area contributed by atoms with E-state index in [0.717, 1.165) is 12.1 Å². The summed E-state index contributed by atoms with van der Waals surface area (Å²) < 4.78 is 37.6. The summed E-state index contributed by atoms with van der Waals surface area (Å²) in [6, 6.07) is 3.02. The average molecular weight is 270 g/mol. The highest BCUT2D eigenvalue weighted by Gasteiger charge is 2.33. The molecule has 1 atom stereocenters. The molecule has 0 saturated carbocycles. The zero-order valence-electron chi connectivity index (χ0n) is 10.1. The summed E-state index contributed by atoms with van der Waals surface area (Å²) >= 11 is 0. The van der Waals surface area contributed by atoms with Gasteiger partial charge in [-0.05, 0) is 18.2 Å². The molecule has 1 aromatic carbocycles. The van der Waals surface area contributed by atoms with Crippen molar-refractivity contribution in [2.45, 2.75) is 12.6 Å². The van der Waals surface area contributed by atoms with E-state index in [2.05, 4.69) is 6.58 Å². The zero-order chi connectivity index (χ0) is 14.2. The first-order valence-corrected chi connectivity index (χ1v) is 5.72. The van der Waals surface area contributed by atoms with Gasteiger partial charge in [-0.2, -0.15) is 13.2 Å². The van der Waals surface area contributed by atoms with Gasteiger partial charge in [0.1, 0.15) is 0 Å². The summed E-state index contributed by atoms with van der Waals surface area (Å²) in [6.45, 7) is 4.02. The standard InChI is InChI=1S/C13H13F3N2O/c1-2-8-5-12(19)18(7-8)11-4-3-9(6-10(11)17)13(14,15)16/h2-4,6,8H,1,5,7,17H2. The lowest BCUT2D eigenvalue weighted by Crippen LogP contribution is -2.25. The molecular formula is C13H13F3N2O. The minimum Gasteiger partial charge on any atom is -0.397 e. The number of hydrogen-bond donors (Lipinski definition) is 1. The maximum atomic E-state index is 12.5. The van der Waals surface area contributed by atoms with Gasteiger partial charge in [-0.15, -0.1) is 6.58 Å². The molecule has 1 amide bonds. The molecular weight excluding hydrogens is 257 g/mol. The summed E-state index contributed by atoms with van der Waals surface area (Å²) in [6.07, 6.45) is -2.46. The van der Waals surface area contributed by atoms with E-state index in [9.17, 15) is 18.0 Å². The van der Waals surface area contributed by atoms with Crippen LogP contribution in [0.3, 0.4) is 0 Å². The van der Waals surface area contributed by atoms with Crippen LogP contribution in [0.1, 0.15) is 12.0 Å². The van der Waals surface area contributed by atoms with Crippen molar-refractivity contribution >= 4 is 17.3 Å². The molecule has 1 aliphatic rings. The fourth-order valence-electron chi connectivity index (χ4n) is 2.10. The number of benzene rings is 1. The summed E-state index contributed by atoms with van der Waals surface area (Å²) in [5, 5.41) is 0. The summed E-state index contributed by atoms with van der Waals surface area (Å²) in [7, 11) is 0. The third kappa shape index (κ3) is 2.57. The van der Waals surface area contributed by atoms with Crippen molar-refractivity contribution in [1.29, 1.82) is 0 Å². The van der Waals surface area contributed by atoms with Gasteiger partial charge < -0.3 is 10.6 Å². The first-order chi connectivity index (χ1) is 8.82. The van der Waals surface area contributed by atoms with E-state index >= 15 is 0 Å². The fourth-order valence-corrected chi connectivity index (χ4v) is 2.10. The Morgan fingerprint density at radius 3 is 2.58 bits per heavy atom. The molecule has 1 unspecified atom stereocenters. The number of rotatable bonds is 2. The van der Waals surface area contributed by atoms with Gasteiger partial charge in [-0.25, -0.2) is 0 Å². The van der Waals surface area contributed by atoms with Crippen LogP contribution in [-0.2, 0) is 11.0 Å². The highest BCUT2D eigenvalue weighted by molar-refractivity contribution is 5.98. The van der Waals surface area contributed by atoms with Crippen molar-refractivity contribution in [3.05, 3.63) is 36.4 Å². The van der Waals surface area contributed by atoms with Crippen LogP contribution >= 0.6 is 0 Å². The number of nitrogen functional groups attached to an aromatic ring is 1. The highest BCUT2D eigenvalue weighted by Crippen LogP contribution is 2.36. The van der Waals surface area contributed by atoms with Crippen molar-refractivity contribution in [1.82, 2.24) is 0 Å². The van der Waals surface area contributed by atoms with Gasteiger partial charge in [0.15, 0.2) is 0 Å². The lowest BCUT2D eigenvalue weighted by Gasteiger charge is -2.19. The SMILES string of the molecule is C=CC1CC(=O)N(c2ccc(C(F)(F)F)cc2N)C1. The Morgan fingerprint density at radius 1 is 1.42 bits per heavy atom. The highest BCUT2D eigenvalue weighted by atomic mass is 19.4. The predicted octanol–water partition coefficient (Wildman–Crippen LogP) is 2.83. The minimum atomic E-state index is -4.44. The van der Waals surface area contributed by atoms with Crippen LogP contribution in [0.15, 0.2) is 30.9 Å². The molecule has 2 N–H and O–H groups in total. The van der Waals surface area contributed by atoms with Gasteiger partial charge in [0.05, 0.1) is 16.9 Å². The number of halogens is 3. The molecule has 2 rings (SSSR count). The summed E-state index contributed by atoms with van der Waals surface area (Å²) in [5.74, 6) is -0.148. The van der Waals surface area contributed by atoms with Crippen LogP contribution in [0, 0.1) is 5.92 Å². The fraction of sp³-hybridized carbons (Fsp3) is 0.308. The van der Waals surface area contributed by atoms with Gasteiger partial charge in [-0.3, -0.25) is 4.79 Å². The van der Waals surface area contributed by atoms with Crippen LogP contribution in [0.5, 0.6) is 0 Å². The number of nitrogens with two attached hydrogens (primary N) is 1. The number of anilines is 2. The van der Waals surface area contributed by atoms with Crippen LogP contribution in [-0.4, -0.2) is 12.5 Å². The van der Waals surface area contributed by atoms with Crippen molar-refractivity contribution in [2.75, 3.05) is 17.2 Å². The quantitative estimate of drug-likeness (QED) is 0.663. The van der Waals surface area contributed by atoms with E-state index in [1.165, 1.54) is 11.0 Å². The van der Waals surface area contributed by atoms with E-state index in [-0.39, 0.29) is 17.5 Å². The van der Waals surface area contributed by atoms with Crippen LogP contribution < -0.4 is 10.6 Å².